The van der Waals surface area contributed by atoms with Crippen LogP contribution in [-0.4, -0.2) is 26.8 Å². The summed E-state index contributed by atoms with van der Waals surface area (Å²) in [5, 5.41) is 9.95. The van der Waals surface area contributed by atoms with Crippen molar-refractivity contribution in [1.82, 2.24) is 9.97 Å². The van der Waals surface area contributed by atoms with E-state index >= 15 is 0 Å². The van der Waals surface area contributed by atoms with Gasteiger partial charge in [0.2, 0.25) is 0 Å². The van der Waals surface area contributed by atoms with Crippen LogP contribution in [0.3, 0.4) is 0 Å². The molecule has 0 spiro atoms. The number of aromatic nitrogens is 2. The highest BCUT2D eigenvalue weighted by molar-refractivity contribution is 7.99. The molecule has 0 saturated carbocycles. The first-order valence-electron chi connectivity index (χ1n) is 11.9. The zero-order valence-corrected chi connectivity index (χ0v) is 20.8. The first-order valence-corrected chi connectivity index (χ1v) is 13.0. The molecule has 2 aromatic carbocycles. The van der Waals surface area contributed by atoms with Gasteiger partial charge in [-0.2, -0.15) is 0 Å². The van der Waals surface area contributed by atoms with E-state index in [4.69, 9.17) is 4.74 Å². The number of carbonyl (C=O) groups is 1. The fourth-order valence-corrected chi connectivity index (χ4v) is 5.85. The van der Waals surface area contributed by atoms with Crippen LogP contribution in [0, 0.1) is 17.6 Å². The number of hydrogen-bond acceptors (Lipinski definition) is 5. The van der Waals surface area contributed by atoms with Gasteiger partial charge in [0.1, 0.15) is 12.4 Å². The van der Waals surface area contributed by atoms with Crippen molar-refractivity contribution < 1.29 is 23.4 Å². The van der Waals surface area contributed by atoms with E-state index in [1.807, 2.05) is 49.4 Å². The van der Waals surface area contributed by atoms with Gasteiger partial charge in [0, 0.05) is 29.0 Å². The predicted molar refractivity (Wildman–Crippen MR) is 141 cm³/mol. The molecule has 8 heteroatoms. The van der Waals surface area contributed by atoms with Crippen molar-refractivity contribution in [2.75, 3.05) is 5.75 Å². The Morgan fingerprint density at radius 3 is 2.78 bits per heavy atom. The number of halogens is 2. The molecule has 2 aromatic heterocycles. The van der Waals surface area contributed by atoms with Crippen LogP contribution in [0.2, 0.25) is 0 Å². The molecule has 1 aliphatic rings. The molecular weight excluding hydrogens is 494 g/mol. The number of carboxylic acid groups (broad SMARTS) is 1. The second-order valence-electron chi connectivity index (χ2n) is 8.81. The van der Waals surface area contributed by atoms with Crippen LogP contribution >= 0.6 is 11.8 Å². The van der Waals surface area contributed by atoms with Gasteiger partial charge in [-0.05, 0) is 54.0 Å². The van der Waals surface area contributed by atoms with E-state index in [2.05, 4.69) is 9.97 Å². The number of pyridine rings is 2. The molecule has 0 bridgehead atoms. The maximum atomic E-state index is 13.7. The van der Waals surface area contributed by atoms with Crippen molar-refractivity contribution in [2.45, 2.75) is 25.2 Å². The monoisotopic (exact) mass is 518 g/mol. The van der Waals surface area contributed by atoms with Gasteiger partial charge in [0.05, 0.1) is 28.1 Å². The number of benzene rings is 2. The minimum Gasteiger partial charge on any atom is -0.487 e. The second kappa shape index (κ2) is 10.7. The first kappa shape index (κ1) is 24.9. The zero-order chi connectivity index (χ0) is 25.9. The highest BCUT2D eigenvalue weighted by Gasteiger charge is 2.28. The Bertz CT molecular complexity index is 1510. The number of thioether (sulfide) groups is 1. The molecule has 0 amide bonds. The highest BCUT2D eigenvalue weighted by atomic mass is 32.2. The molecule has 5 nitrogen and oxygen atoms in total. The van der Waals surface area contributed by atoms with Gasteiger partial charge < -0.3 is 9.84 Å². The number of aliphatic carboxylic acids is 1. The van der Waals surface area contributed by atoms with Crippen molar-refractivity contribution >= 4 is 40.8 Å². The van der Waals surface area contributed by atoms with Crippen LogP contribution in [-0.2, 0) is 11.4 Å². The van der Waals surface area contributed by atoms with E-state index < -0.39 is 23.5 Å². The average Bonchev–Trinajstić information content (AvgIpc) is 3.05. The van der Waals surface area contributed by atoms with E-state index in [1.54, 1.807) is 30.1 Å². The normalized spacial score (nSPS) is 15.6. The lowest BCUT2D eigenvalue weighted by molar-refractivity contribution is -0.140. The Labute approximate surface area is 217 Å². The average molecular weight is 519 g/mol. The molecule has 3 heterocycles. The van der Waals surface area contributed by atoms with Crippen LogP contribution in [0.5, 0.6) is 5.75 Å². The van der Waals surface area contributed by atoms with E-state index in [1.165, 1.54) is 0 Å². The van der Waals surface area contributed by atoms with Gasteiger partial charge in [-0.25, -0.2) is 13.8 Å². The van der Waals surface area contributed by atoms with Crippen molar-refractivity contribution in [3.63, 3.8) is 0 Å². The number of nitrogens with zero attached hydrogens (tertiary/aromatic N) is 2. The molecule has 188 valence electrons. The van der Waals surface area contributed by atoms with Gasteiger partial charge in [0.25, 0.3) is 0 Å². The highest BCUT2D eigenvalue weighted by Crippen LogP contribution is 2.45. The van der Waals surface area contributed by atoms with Crippen molar-refractivity contribution in [1.29, 1.82) is 0 Å². The summed E-state index contributed by atoms with van der Waals surface area (Å²) >= 11 is 1.58. The molecule has 4 aromatic rings. The summed E-state index contributed by atoms with van der Waals surface area (Å²) in [5.41, 5.74) is 4.68. The van der Waals surface area contributed by atoms with Crippen molar-refractivity contribution in [3.05, 3.63) is 101 Å². The molecule has 37 heavy (non-hydrogen) atoms. The summed E-state index contributed by atoms with van der Waals surface area (Å²) in [5.74, 6) is -1.88. The van der Waals surface area contributed by atoms with Crippen molar-refractivity contribution in [3.8, 4) is 5.75 Å². The molecule has 5 rings (SSSR count). The molecule has 0 saturated heterocycles. The third-order valence-corrected chi connectivity index (χ3v) is 7.83. The fraction of sp³-hybridized carbons (Fsp3) is 0.207. The summed E-state index contributed by atoms with van der Waals surface area (Å²) < 4.78 is 33.2. The SMILES string of the molecule is CCC(CSC1c2cc(/C=C/c3ccc4cc(F)c(F)cc4n3)ccc2OCc2ncccc21)C(=O)O. The number of rotatable bonds is 7. The summed E-state index contributed by atoms with van der Waals surface area (Å²) in [4.78, 5) is 20.6. The Balaban J connectivity index is 1.48. The lowest BCUT2D eigenvalue weighted by Gasteiger charge is -2.20. The van der Waals surface area contributed by atoms with Crippen LogP contribution in [0.25, 0.3) is 23.1 Å². The summed E-state index contributed by atoms with van der Waals surface area (Å²) in [7, 11) is 0. The molecule has 2 unspecified atom stereocenters. The van der Waals surface area contributed by atoms with E-state index in [9.17, 15) is 18.7 Å². The minimum absolute atomic E-state index is 0.139. The fourth-order valence-electron chi connectivity index (χ4n) is 4.29. The van der Waals surface area contributed by atoms with Crippen LogP contribution in [0.15, 0.2) is 60.8 Å². The number of ether oxygens (including phenoxy) is 1. The van der Waals surface area contributed by atoms with Crippen LogP contribution in [0.4, 0.5) is 8.78 Å². The third kappa shape index (κ3) is 5.34. The van der Waals surface area contributed by atoms with Gasteiger partial charge in [0.15, 0.2) is 11.6 Å². The number of carboxylic acids is 1. The molecule has 0 fully saturated rings. The van der Waals surface area contributed by atoms with Gasteiger partial charge >= 0.3 is 5.97 Å². The Hall–Kier alpha value is -3.78. The first-order chi connectivity index (χ1) is 17.9. The van der Waals surface area contributed by atoms with Crippen LogP contribution in [0.1, 0.15) is 46.7 Å². The molecule has 0 radical (unpaired) electrons. The molecule has 1 N–H and O–H groups in total. The van der Waals surface area contributed by atoms with E-state index in [0.717, 1.165) is 40.3 Å². The number of hydrogen-bond donors (Lipinski definition) is 1. The zero-order valence-electron chi connectivity index (χ0n) is 20.0. The standard InChI is InChI=1S/C29H24F2N2O3S/c1-2-18(29(34)35)16-37-28-21-4-3-11-32-26(21)15-36-27-10-6-17(12-22(27)28)5-8-20-9-7-19-13-23(30)24(31)14-25(19)33-20/h3-14,18,28H,2,15-16H2,1H3,(H,34,35)/b8-5+. The Morgan fingerprint density at radius 1 is 1.14 bits per heavy atom. The maximum Gasteiger partial charge on any atom is 0.307 e. The maximum absolute atomic E-state index is 13.7. The molecule has 2 atom stereocenters. The quantitative estimate of drug-likeness (QED) is 0.287. The third-order valence-electron chi connectivity index (χ3n) is 6.39. The predicted octanol–water partition coefficient (Wildman–Crippen LogP) is 6.90. The smallest absolute Gasteiger partial charge is 0.307 e. The lowest BCUT2D eigenvalue weighted by Crippen LogP contribution is -2.16. The van der Waals surface area contributed by atoms with Gasteiger partial charge in [-0.3, -0.25) is 9.78 Å². The largest absolute Gasteiger partial charge is 0.487 e. The van der Waals surface area contributed by atoms with E-state index in [0.29, 0.717) is 35.4 Å². The molecule has 1 aliphatic heterocycles. The van der Waals surface area contributed by atoms with Gasteiger partial charge in [-0.1, -0.05) is 31.2 Å². The molecule has 0 aliphatic carbocycles. The summed E-state index contributed by atoms with van der Waals surface area (Å²) in [6.07, 6.45) is 6.00. The Kier molecular flexibility index (Phi) is 7.19. The summed E-state index contributed by atoms with van der Waals surface area (Å²) in [6, 6.07) is 15.5. The Morgan fingerprint density at radius 2 is 1.97 bits per heavy atom. The number of fused-ring (bicyclic) bond motifs is 3. The summed E-state index contributed by atoms with van der Waals surface area (Å²) in [6.45, 7) is 2.22. The minimum atomic E-state index is -0.932. The second-order valence-corrected chi connectivity index (χ2v) is 9.95. The van der Waals surface area contributed by atoms with Gasteiger partial charge in [-0.15, -0.1) is 11.8 Å². The van der Waals surface area contributed by atoms with Crippen LogP contribution < -0.4 is 4.74 Å². The molecular formula is C29H24F2N2O3S. The van der Waals surface area contributed by atoms with E-state index in [-0.39, 0.29) is 5.25 Å². The van der Waals surface area contributed by atoms with Crippen molar-refractivity contribution in [2.24, 2.45) is 5.92 Å². The topological polar surface area (TPSA) is 72.3 Å². The lowest BCUT2D eigenvalue weighted by atomic mass is 10.0.